The summed E-state index contributed by atoms with van der Waals surface area (Å²) in [6.07, 6.45) is 3.25. The number of aromatic nitrogens is 3. The summed E-state index contributed by atoms with van der Waals surface area (Å²) in [4.78, 5) is 4.07. The van der Waals surface area contributed by atoms with Crippen LogP contribution in [0.5, 0.6) is 0 Å². The van der Waals surface area contributed by atoms with Crippen molar-refractivity contribution in [3.05, 3.63) is 24.2 Å². The number of anilines is 1. The van der Waals surface area contributed by atoms with E-state index in [1.165, 1.54) is 0 Å². The molecular formula is C7H9N5. The second kappa shape index (κ2) is 2.46. The van der Waals surface area contributed by atoms with Crippen molar-refractivity contribution in [3.8, 4) is 0 Å². The average Bonchev–Trinajstić information content (AvgIpc) is 2.48. The van der Waals surface area contributed by atoms with Gasteiger partial charge >= 0.3 is 0 Å². The van der Waals surface area contributed by atoms with E-state index in [0.29, 0.717) is 17.9 Å². The van der Waals surface area contributed by atoms with Crippen LogP contribution in [-0.2, 0) is 6.54 Å². The van der Waals surface area contributed by atoms with Crippen molar-refractivity contribution >= 4 is 11.3 Å². The zero-order chi connectivity index (χ0) is 8.55. The van der Waals surface area contributed by atoms with Crippen LogP contribution in [0.4, 0.5) is 5.69 Å². The molecule has 4 N–H and O–H groups in total. The third-order valence-electron chi connectivity index (χ3n) is 1.72. The minimum absolute atomic E-state index is 0.431. The van der Waals surface area contributed by atoms with Gasteiger partial charge in [-0.3, -0.25) is 0 Å². The Morgan fingerprint density at radius 2 is 2.33 bits per heavy atom. The first kappa shape index (κ1) is 7.05. The van der Waals surface area contributed by atoms with Crippen LogP contribution in [0.1, 0.15) is 5.69 Å². The Labute approximate surface area is 69.0 Å². The van der Waals surface area contributed by atoms with Crippen molar-refractivity contribution in [2.75, 3.05) is 5.73 Å². The Hall–Kier alpha value is -1.62. The molecule has 2 heterocycles. The first-order valence-corrected chi connectivity index (χ1v) is 3.60. The molecule has 0 amide bonds. The quantitative estimate of drug-likeness (QED) is 0.608. The molecule has 0 spiro atoms. The predicted molar refractivity (Wildman–Crippen MR) is 45.3 cm³/mol. The molecule has 0 aliphatic heterocycles. The Bertz CT molecular complexity index is 405. The van der Waals surface area contributed by atoms with Crippen LogP contribution in [0.25, 0.3) is 5.65 Å². The average molecular weight is 163 g/mol. The van der Waals surface area contributed by atoms with E-state index in [4.69, 9.17) is 11.5 Å². The fourth-order valence-corrected chi connectivity index (χ4v) is 1.11. The molecule has 0 saturated carbocycles. The lowest BCUT2D eigenvalue weighted by molar-refractivity contribution is 0.835. The monoisotopic (exact) mass is 163 g/mol. The standard InChI is InChI=1S/C7H9N5/c8-3-5-1-2-10-7-6(9)4-11-12(5)7/h1-2,4H,3,8-9H2. The summed E-state index contributed by atoms with van der Waals surface area (Å²) in [5.41, 5.74) is 13.2. The van der Waals surface area contributed by atoms with E-state index in [1.807, 2.05) is 6.07 Å². The SMILES string of the molecule is NCc1ccnc2c(N)cnn12. The molecule has 0 atom stereocenters. The van der Waals surface area contributed by atoms with Gasteiger partial charge < -0.3 is 11.5 Å². The Morgan fingerprint density at radius 3 is 3.08 bits per heavy atom. The number of fused-ring (bicyclic) bond motifs is 1. The highest BCUT2D eigenvalue weighted by Crippen LogP contribution is 2.10. The summed E-state index contributed by atoms with van der Waals surface area (Å²) >= 11 is 0. The summed E-state index contributed by atoms with van der Waals surface area (Å²) in [7, 11) is 0. The molecule has 0 radical (unpaired) electrons. The van der Waals surface area contributed by atoms with Gasteiger partial charge in [-0.1, -0.05) is 0 Å². The molecule has 0 bridgehead atoms. The van der Waals surface area contributed by atoms with Crippen molar-refractivity contribution in [2.24, 2.45) is 5.73 Å². The summed E-state index contributed by atoms with van der Waals surface area (Å²) < 4.78 is 1.65. The number of nitrogens with two attached hydrogens (primary N) is 2. The zero-order valence-corrected chi connectivity index (χ0v) is 6.44. The highest BCUT2D eigenvalue weighted by molar-refractivity contribution is 5.63. The first-order chi connectivity index (χ1) is 5.83. The first-order valence-electron chi connectivity index (χ1n) is 3.60. The van der Waals surface area contributed by atoms with Crippen molar-refractivity contribution in [1.29, 1.82) is 0 Å². The maximum Gasteiger partial charge on any atom is 0.178 e. The van der Waals surface area contributed by atoms with Gasteiger partial charge in [0.1, 0.15) is 0 Å². The van der Waals surface area contributed by atoms with Gasteiger partial charge in [0, 0.05) is 12.7 Å². The van der Waals surface area contributed by atoms with Crippen molar-refractivity contribution in [2.45, 2.75) is 6.54 Å². The molecular weight excluding hydrogens is 154 g/mol. The minimum Gasteiger partial charge on any atom is -0.394 e. The molecule has 5 nitrogen and oxygen atoms in total. The van der Waals surface area contributed by atoms with Gasteiger partial charge in [-0.2, -0.15) is 5.10 Å². The Balaban J connectivity index is 2.81. The van der Waals surface area contributed by atoms with Gasteiger partial charge in [0.15, 0.2) is 5.65 Å². The normalized spacial score (nSPS) is 10.8. The van der Waals surface area contributed by atoms with E-state index in [-0.39, 0.29) is 0 Å². The summed E-state index contributed by atoms with van der Waals surface area (Å²) in [6.45, 7) is 0.431. The van der Waals surface area contributed by atoms with Crippen LogP contribution in [0.3, 0.4) is 0 Å². The van der Waals surface area contributed by atoms with Crippen molar-refractivity contribution < 1.29 is 0 Å². The van der Waals surface area contributed by atoms with E-state index >= 15 is 0 Å². The summed E-state index contributed by atoms with van der Waals surface area (Å²) in [6, 6.07) is 1.82. The molecule has 12 heavy (non-hydrogen) atoms. The number of nitrogen functional groups attached to an aromatic ring is 1. The second-order valence-electron chi connectivity index (χ2n) is 2.48. The van der Waals surface area contributed by atoms with Gasteiger partial charge in [-0.05, 0) is 6.07 Å². The minimum atomic E-state index is 0.431. The lowest BCUT2D eigenvalue weighted by Gasteiger charge is -1.99. The maximum atomic E-state index is 5.61. The molecule has 0 aromatic carbocycles. The van der Waals surface area contributed by atoms with Gasteiger partial charge in [0.05, 0.1) is 17.6 Å². The van der Waals surface area contributed by atoms with Crippen LogP contribution in [-0.4, -0.2) is 14.6 Å². The van der Waals surface area contributed by atoms with E-state index in [2.05, 4.69) is 10.1 Å². The van der Waals surface area contributed by atoms with Crippen molar-refractivity contribution in [3.63, 3.8) is 0 Å². The molecule has 2 aromatic rings. The number of rotatable bonds is 1. The van der Waals surface area contributed by atoms with E-state index in [0.717, 1.165) is 5.69 Å². The largest absolute Gasteiger partial charge is 0.394 e. The van der Waals surface area contributed by atoms with E-state index in [1.54, 1.807) is 16.9 Å². The van der Waals surface area contributed by atoms with Crippen molar-refractivity contribution in [1.82, 2.24) is 14.6 Å². The van der Waals surface area contributed by atoms with Crippen LogP contribution < -0.4 is 11.5 Å². The lowest BCUT2D eigenvalue weighted by Crippen LogP contribution is -2.05. The predicted octanol–water partition coefficient (Wildman–Crippen LogP) is -0.230. The van der Waals surface area contributed by atoms with Crippen LogP contribution in [0.2, 0.25) is 0 Å². The zero-order valence-electron chi connectivity index (χ0n) is 6.44. The second-order valence-corrected chi connectivity index (χ2v) is 2.48. The lowest BCUT2D eigenvalue weighted by atomic mass is 10.4. The van der Waals surface area contributed by atoms with Crippen LogP contribution in [0.15, 0.2) is 18.5 Å². The molecule has 0 unspecified atom stereocenters. The molecule has 0 saturated heterocycles. The fourth-order valence-electron chi connectivity index (χ4n) is 1.11. The fraction of sp³-hybridized carbons (Fsp3) is 0.143. The highest BCUT2D eigenvalue weighted by atomic mass is 15.3. The molecule has 2 aromatic heterocycles. The van der Waals surface area contributed by atoms with E-state index in [9.17, 15) is 0 Å². The topological polar surface area (TPSA) is 82.2 Å². The molecule has 5 heteroatoms. The third-order valence-corrected chi connectivity index (χ3v) is 1.72. The summed E-state index contributed by atoms with van der Waals surface area (Å²) in [5, 5.41) is 4.04. The molecule has 0 aliphatic rings. The summed E-state index contributed by atoms with van der Waals surface area (Å²) in [5.74, 6) is 0. The molecule has 0 aliphatic carbocycles. The molecule has 2 rings (SSSR count). The van der Waals surface area contributed by atoms with Crippen LogP contribution in [0, 0.1) is 0 Å². The number of hydrogen-bond acceptors (Lipinski definition) is 4. The number of nitrogens with zero attached hydrogens (tertiary/aromatic N) is 3. The third kappa shape index (κ3) is 0.835. The van der Waals surface area contributed by atoms with Gasteiger partial charge in [-0.25, -0.2) is 9.50 Å². The van der Waals surface area contributed by atoms with E-state index < -0.39 is 0 Å². The van der Waals surface area contributed by atoms with Gasteiger partial charge in [-0.15, -0.1) is 0 Å². The maximum absolute atomic E-state index is 5.61. The Morgan fingerprint density at radius 1 is 1.50 bits per heavy atom. The molecule has 62 valence electrons. The van der Waals surface area contributed by atoms with Gasteiger partial charge in [0.2, 0.25) is 0 Å². The molecule has 0 fully saturated rings. The number of hydrogen-bond donors (Lipinski definition) is 2. The van der Waals surface area contributed by atoms with Gasteiger partial charge in [0.25, 0.3) is 0 Å². The Kier molecular flexibility index (Phi) is 1.44. The van der Waals surface area contributed by atoms with Crippen LogP contribution >= 0.6 is 0 Å². The smallest absolute Gasteiger partial charge is 0.178 e. The highest BCUT2D eigenvalue weighted by Gasteiger charge is 2.03.